The smallest absolute Gasteiger partial charge is 0.134 e. The predicted molar refractivity (Wildman–Crippen MR) is 72.6 cm³/mol. The summed E-state index contributed by atoms with van der Waals surface area (Å²) in [6, 6.07) is 6.08. The third-order valence-electron chi connectivity index (χ3n) is 3.08. The maximum absolute atomic E-state index is 8.74. The van der Waals surface area contributed by atoms with E-state index >= 15 is 0 Å². The molecule has 2 heteroatoms. The van der Waals surface area contributed by atoms with Gasteiger partial charge in [-0.05, 0) is 37.0 Å². The van der Waals surface area contributed by atoms with Crippen molar-refractivity contribution in [2.24, 2.45) is 5.92 Å². The molecule has 0 aliphatic heterocycles. The Morgan fingerprint density at radius 1 is 1.39 bits per heavy atom. The molecule has 1 fully saturated rings. The molecule has 2 rings (SSSR count). The number of aliphatic hydroxyl groups excluding tert-OH is 1. The zero-order valence-electron chi connectivity index (χ0n) is 10.9. The first-order valence-electron chi connectivity index (χ1n) is 6.63. The molecule has 18 heavy (non-hydrogen) atoms. The van der Waals surface area contributed by atoms with Crippen molar-refractivity contribution in [2.75, 3.05) is 13.2 Å². The highest BCUT2D eigenvalue weighted by Gasteiger charge is 2.20. The number of benzene rings is 1. The molecule has 0 bridgehead atoms. The SMILES string of the molecule is Cc1ccc(OCCC2CC2)c(C#CCCO)c1. The summed E-state index contributed by atoms with van der Waals surface area (Å²) in [5, 5.41) is 8.74. The summed E-state index contributed by atoms with van der Waals surface area (Å²) in [6.45, 7) is 2.93. The van der Waals surface area contributed by atoms with Crippen LogP contribution in [0.15, 0.2) is 18.2 Å². The number of ether oxygens (including phenoxy) is 1. The topological polar surface area (TPSA) is 29.5 Å². The lowest BCUT2D eigenvalue weighted by Gasteiger charge is -2.08. The molecule has 1 aromatic carbocycles. The van der Waals surface area contributed by atoms with Gasteiger partial charge in [0.25, 0.3) is 0 Å². The van der Waals surface area contributed by atoms with Crippen LogP contribution in [0, 0.1) is 24.7 Å². The van der Waals surface area contributed by atoms with Crippen LogP contribution in [0.25, 0.3) is 0 Å². The van der Waals surface area contributed by atoms with E-state index < -0.39 is 0 Å². The van der Waals surface area contributed by atoms with Crippen molar-refractivity contribution in [2.45, 2.75) is 32.6 Å². The van der Waals surface area contributed by atoms with Crippen LogP contribution in [0.4, 0.5) is 0 Å². The summed E-state index contributed by atoms with van der Waals surface area (Å²) in [5.74, 6) is 7.78. The third-order valence-corrected chi connectivity index (χ3v) is 3.08. The molecule has 0 amide bonds. The minimum Gasteiger partial charge on any atom is -0.492 e. The fourth-order valence-corrected chi connectivity index (χ4v) is 1.82. The molecule has 1 aliphatic carbocycles. The van der Waals surface area contributed by atoms with Crippen molar-refractivity contribution >= 4 is 0 Å². The average Bonchev–Trinajstić information content (AvgIpc) is 3.16. The summed E-state index contributed by atoms with van der Waals surface area (Å²) >= 11 is 0. The van der Waals surface area contributed by atoms with Crippen LogP contribution in [0.5, 0.6) is 5.75 Å². The van der Waals surface area contributed by atoms with E-state index in [1.54, 1.807) is 0 Å². The molecule has 0 unspecified atom stereocenters. The molecule has 1 N–H and O–H groups in total. The Hall–Kier alpha value is -1.46. The van der Waals surface area contributed by atoms with E-state index in [1.165, 1.54) is 18.4 Å². The number of hydrogen-bond acceptors (Lipinski definition) is 2. The second kappa shape index (κ2) is 6.47. The van der Waals surface area contributed by atoms with Gasteiger partial charge in [-0.3, -0.25) is 0 Å². The van der Waals surface area contributed by atoms with E-state index in [0.717, 1.165) is 30.3 Å². The second-order valence-corrected chi connectivity index (χ2v) is 4.86. The highest BCUT2D eigenvalue weighted by molar-refractivity contribution is 5.48. The quantitative estimate of drug-likeness (QED) is 0.807. The van der Waals surface area contributed by atoms with Gasteiger partial charge in [0.2, 0.25) is 0 Å². The van der Waals surface area contributed by atoms with Crippen molar-refractivity contribution < 1.29 is 9.84 Å². The van der Waals surface area contributed by atoms with Crippen LogP contribution in [-0.4, -0.2) is 18.3 Å². The van der Waals surface area contributed by atoms with Crippen molar-refractivity contribution in [1.29, 1.82) is 0 Å². The molecule has 1 aromatic rings. The zero-order chi connectivity index (χ0) is 12.8. The number of aryl methyl sites for hydroxylation is 1. The van der Waals surface area contributed by atoms with E-state index in [-0.39, 0.29) is 6.61 Å². The minimum absolute atomic E-state index is 0.108. The first kappa shape index (κ1) is 13.0. The Morgan fingerprint density at radius 2 is 2.22 bits per heavy atom. The average molecular weight is 244 g/mol. The largest absolute Gasteiger partial charge is 0.492 e. The van der Waals surface area contributed by atoms with Gasteiger partial charge in [-0.1, -0.05) is 30.7 Å². The van der Waals surface area contributed by atoms with E-state index in [4.69, 9.17) is 9.84 Å². The van der Waals surface area contributed by atoms with Gasteiger partial charge in [0, 0.05) is 6.42 Å². The number of aliphatic hydroxyl groups is 1. The van der Waals surface area contributed by atoms with Crippen LogP contribution in [-0.2, 0) is 0 Å². The highest BCUT2D eigenvalue weighted by atomic mass is 16.5. The van der Waals surface area contributed by atoms with E-state index in [0.29, 0.717) is 6.42 Å². The van der Waals surface area contributed by atoms with Gasteiger partial charge in [0.05, 0.1) is 18.8 Å². The minimum atomic E-state index is 0.108. The standard InChI is InChI=1S/C16H20O2/c1-13-5-8-16(18-11-9-14-6-7-14)15(12-13)4-2-3-10-17/h5,8,12,14,17H,3,6-7,9-11H2,1H3. The van der Waals surface area contributed by atoms with Crippen molar-refractivity contribution in [1.82, 2.24) is 0 Å². The van der Waals surface area contributed by atoms with Crippen LogP contribution in [0.3, 0.4) is 0 Å². The maximum Gasteiger partial charge on any atom is 0.134 e. The molecule has 0 atom stereocenters. The lowest BCUT2D eigenvalue weighted by Crippen LogP contribution is -2.00. The summed E-state index contributed by atoms with van der Waals surface area (Å²) < 4.78 is 5.81. The third kappa shape index (κ3) is 4.09. The molecule has 0 heterocycles. The van der Waals surface area contributed by atoms with Gasteiger partial charge in [-0.25, -0.2) is 0 Å². The fraction of sp³-hybridized carbons (Fsp3) is 0.500. The van der Waals surface area contributed by atoms with Gasteiger partial charge in [0.1, 0.15) is 5.75 Å². The lowest BCUT2D eigenvalue weighted by molar-refractivity contribution is 0.301. The molecule has 1 saturated carbocycles. The van der Waals surface area contributed by atoms with Gasteiger partial charge in [0.15, 0.2) is 0 Å². The fourth-order valence-electron chi connectivity index (χ4n) is 1.82. The molecular weight excluding hydrogens is 224 g/mol. The van der Waals surface area contributed by atoms with E-state index in [1.807, 2.05) is 25.1 Å². The number of hydrogen-bond donors (Lipinski definition) is 1. The molecule has 0 radical (unpaired) electrons. The Kier molecular flexibility index (Phi) is 4.66. The highest BCUT2D eigenvalue weighted by Crippen LogP contribution is 2.32. The Morgan fingerprint density at radius 3 is 2.94 bits per heavy atom. The van der Waals surface area contributed by atoms with Crippen molar-refractivity contribution in [3.8, 4) is 17.6 Å². The normalized spacial score (nSPS) is 13.9. The first-order chi connectivity index (χ1) is 8.79. The van der Waals surface area contributed by atoms with Gasteiger partial charge in [-0.15, -0.1) is 0 Å². The Balaban J connectivity index is 1.99. The molecular formula is C16H20O2. The molecule has 2 nitrogen and oxygen atoms in total. The molecule has 0 saturated heterocycles. The van der Waals surface area contributed by atoms with Crippen LogP contribution in [0.2, 0.25) is 0 Å². The maximum atomic E-state index is 8.74. The number of rotatable bonds is 5. The summed E-state index contributed by atoms with van der Waals surface area (Å²) in [7, 11) is 0. The summed E-state index contributed by atoms with van der Waals surface area (Å²) in [5.41, 5.74) is 2.11. The molecule has 0 aromatic heterocycles. The van der Waals surface area contributed by atoms with Crippen molar-refractivity contribution in [3.63, 3.8) is 0 Å². The van der Waals surface area contributed by atoms with Crippen LogP contribution in [0.1, 0.15) is 36.8 Å². The summed E-state index contributed by atoms with van der Waals surface area (Å²) in [4.78, 5) is 0. The molecule has 0 spiro atoms. The van der Waals surface area contributed by atoms with Gasteiger partial charge >= 0.3 is 0 Å². The molecule has 96 valence electrons. The monoisotopic (exact) mass is 244 g/mol. The van der Waals surface area contributed by atoms with Crippen LogP contribution >= 0.6 is 0 Å². The zero-order valence-corrected chi connectivity index (χ0v) is 10.9. The van der Waals surface area contributed by atoms with Gasteiger partial charge < -0.3 is 9.84 Å². The van der Waals surface area contributed by atoms with E-state index in [2.05, 4.69) is 11.8 Å². The van der Waals surface area contributed by atoms with Gasteiger partial charge in [-0.2, -0.15) is 0 Å². The Labute approximate surface area is 109 Å². The second-order valence-electron chi connectivity index (χ2n) is 4.86. The summed E-state index contributed by atoms with van der Waals surface area (Å²) in [6.07, 6.45) is 4.38. The lowest BCUT2D eigenvalue weighted by atomic mass is 10.1. The van der Waals surface area contributed by atoms with Crippen LogP contribution < -0.4 is 4.74 Å². The Bertz CT molecular complexity index is 450. The predicted octanol–water partition coefficient (Wildman–Crippen LogP) is 2.91. The first-order valence-corrected chi connectivity index (χ1v) is 6.63. The van der Waals surface area contributed by atoms with E-state index in [9.17, 15) is 0 Å². The molecule has 1 aliphatic rings. The van der Waals surface area contributed by atoms with Crippen molar-refractivity contribution in [3.05, 3.63) is 29.3 Å².